The number of benzene rings is 2. The Kier molecular flexibility index (Phi) is 5.38. The molecule has 1 amide bonds. The predicted molar refractivity (Wildman–Crippen MR) is 85.6 cm³/mol. The number of nitrogens with one attached hydrogen (secondary N) is 1. The lowest BCUT2D eigenvalue weighted by Crippen LogP contribution is -2.19. The van der Waals surface area contributed by atoms with Gasteiger partial charge in [-0.25, -0.2) is 5.43 Å². The standard InChI is InChI=1S/C16H15ClN2O3/c1-22-14-4-2-3-12(16(14)21)10-18-19-15(20)9-11-5-7-13(17)8-6-11/h2-8,10,21H,9H2,1H3,(H,19,20)/b18-10-. The summed E-state index contributed by atoms with van der Waals surface area (Å²) in [5.41, 5.74) is 3.69. The minimum atomic E-state index is -0.263. The van der Waals surface area contributed by atoms with Crippen molar-refractivity contribution < 1.29 is 14.6 Å². The van der Waals surface area contributed by atoms with Crippen molar-refractivity contribution in [2.75, 3.05) is 7.11 Å². The molecule has 2 aromatic carbocycles. The SMILES string of the molecule is COc1cccc(/C=N\NC(=O)Cc2ccc(Cl)cc2)c1O. The first kappa shape index (κ1) is 15.9. The Morgan fingerprint density at radius 1 is 1.32 bits per heavy atom. The molecule has 0 aliphatic rings. The average Bonchev–Trinajstić information content (AvgIpc) is 2.51. The first-order valence-electron chi connectivity index (χ1n) is 6.52. The lowest BCUT2D eigenvalue weighted by atomic mass is 10.1. The van der Waals surface area contributed by atoms with Gasteiger partial charge in [-0.2, -0.15) is 5.10 Å². The molecule has 0 aliphatic carbocycles. The second-order valence-corrected chi connectivity index (χ2v) is 4.93. The molecule has 0 bridgehead atoms. The van der Waals surface area contributed by atoms with Crippen LogP contribution in [0.4, 0.5) is 0 Å². The van der Waals surface area contributed by atoms with Gasteiger partial charge in [-0.3, -0.25) is 4.79 Å². The van der Waals surface area contributed by atoms with Crippen LogP contribution in [-0.2, 0) is 11.2 Å². The van der Waals surface area contributed by atoms with Crippen LogP contribution in [0.3, 0.4) is 0 Å². The van der Waals surface area contributed by atoms with Crippen LogP contribution in [0.2, 0.25) is 5.02 Å². The van der Waals surface area contributed by atoms with Crippen LogP contribution in [-0.4, -0.2) is 24.3 Å². The van der Waals surface area contributed by atoms with Crippen molar-refractivity contribution in [3.05, 3.63) is 58.6 Å². The highest BCUT2D eigenvalue weighted by Crippen LogP contribution is 2.27. The highest BCUT2D eigenvalue weighted by molar-refractivity contribution is 6.30. The molecule has 2 N–H and O–H groups in total. The van der Waals surface area contributed by atoms with E-state index in [4.69, 9.17) is 16.3 Å². The minimum Gasteiger partial charge on any atom is -0.504 e. The van der Waals surface area contributed by atoms with E-state index in [1.807, 2.05) is 0 Å². The van der Waals surface area contributed by atoms with E-state index >= 15 is 0 Å². The summed E-state index contributed by atoms with van der Waals surface area (Å²) in [4.78, 5) is 11.8. The largest absolute Gasteiger partial charge is 0.504 e. The molecule has 0 saturated heterocycles. The van der Waals surface area contributed by atoms with E-state index in [0.29, 0.717) is 16.3 Å². The number of hydrazone groups is 1. The van der Waals surface area contributed by atoms with Crippen LogP contribution in [0.25, 0.3) is 0 Å². The highest BCUT2D eigenvalue weighted by Gasteiger charge is 2.05. The molecular formula is C16H15ClN2O3. The summed E-state index contributed by atoms with van der Waals surface area (Å²) in [5.74, 6) is 0.0538. The molecule has 114 valence electrons. The summed E-state index contributed by atoms with van der Waals surface area (Å²) in [6, 6.07) is 12.0. The van der Waals surface area contributed by atoms with Crippen molar-refractivity contribution in [3.8, 4) is 11.5 Å². The molecule has 0 saturated carbocycles. The van der Waals surface area contributed by atoms with Crippen molar-refractivity contribution in [2.24, 2.45) is 5.10 Å². The van der Waals surface area contributed by atoms with Gasteiger partial charge >= 0.3 is 0 Å². The molecule has 5 nitrogen and oxygen atoms in total. The molecule has 2 aromatic rings. The minimum absolute atomic E-state index is 0.0271. The third-order valence-corrected chi connectivity index (χ3v) is 3.17. The molecule has 6 heteroatoms. The van der Waals surface area contributed by atoms with Crippen molar-refractivity contribution in [1.82, 2.24) is 5.43 Å². The average molecular weight is 319 g/mol. The smallest absolute Gasteiger partial charge is 0.244 e. The van der Waals surface area contributed by atoms with Crippen molar-refractivity contribution >= 4 is 23.7 Å². The number of amides is 1. The second kappa shape index (κ2) is 7.47. The number of halogens is 1. The number of ether oxygens (including phenoxy) is 1. The zero-order valence-corrected chi connectivity index (χ0v) is 12.7. The summed E-state index contributed by atoms with van der Waals surface area (Å²) in [5, 5.41) is 14.3. The summed E-state index contributed by atoms with van der Waals surface area (Å²) in [7, 11) is 1.46. The molecule has 2 rings (SSSR count). The molecule has 0 aliphatic heterocycles. The normalized spacial score (nSPS) is 10.6. The van der Waals surface area contributed by atoms with Gasteiger partial charge < -0.3 is 9.84 Å². The Hall–Kier alpha value is -2.53. The van der Waals surface area contributed by atoms with Crippen LogP contribution in [0, 0.1) is 0 Å². The Morgan fingerprint density at radius 3 is 2.73 bits per heavy atom. The highest BCUT2D eigenvalue weighted by atomic mass is 35.5. The van der Waals surface area contributed by atoms with Crippen molar-refractivity contribution in [3.63, 3.8) is 0 Å². The molecule has 0 heterocycles. The Morgan fingerprint density at radius 2 is 2.05 bits per heavy atom. The number of phenolic OH excluding ortho intramolecular Hbond substituents is 1. The Bertz CT molecular complexity index is 684. The van der Waals surface area contributed by atoms with Crippen LogP contribution in [0.1, 0.15) is 11.1 Å². The van der Waals surface area contributed by atoms with Gasteiger partial charge in [0.2, 0.25) is 5.91 Å². The number of methoxy groups -OCH3 is 1. The summed E-state index contributed by atoms with van der Waals surface area (Å²) >= 11 is 5.78. The second-order valence-electron chi connectivity index (χ2n) is 4.49. The van der Waals surface area contributed by atoms with E-state index in [-0.39, 0.29) is 18.1 Å². The van der Waals surface area contributed by atoms with Gasteiger partial charge in [-0.1, -0.05) is 29.8 Å². The lowest BCUT2D eigenvalue weighted by molar-refractivity contribution is -0.120. The van der Waals surface area contributed by atoms with Crippen LogP contribution in [0.5, 0.6) is 11.5 Å². The van der Waals surface area contributed by atoms with E-state index in [2.05, 4.69) is 10.5 Å². The molecule has 0 aromatic heterocycles. The number of hydrogen-bond donors (Lipinski definition) is 2. The molecular weight excluding hydrogens is 304 g/mol. The van der Waals surface area contributed by atoms with Crippen LogP contribution >= 0.6 is 11.6 Å². The molecule has 0 spiro atoms. The van der Waals surface area contributed by atoms with Crippen LogP contribution < -0.4 is 10.2 Å². The Labute approximate surface area is 133 Å². The van der Waals surface area contributed by atoms with E-state index in [1.165, 1.54) is 13.3 Å². The van der Waals surface area contributed by atoms with Gasteiger partial charge in [0, 0.05) is 10.6 Å². The first-order valence-corrected chi connectivity index (χ1v) is 6.90. The fourth-order valence-corrected chi connectivity index (χ4v) is 1.94. The van der Waals surface area contributed by atoms with Gasteiger partial charge in [-0.15, -0.1) is 0 Å². The maximum absolute atomic E-state index is 11.8. The summed E-state index contributed by atoms with van der Waals surface area (Å²) < 4.78 is 4.99. The third-order valence-electron chi connectivity index (χ3n) is 2.92. The fraction of sp³-hybridized carbons (Fsp3) is 0.125. The number of phenols is 1. The topological polar surface area (TPSA) is 70.9 Å². The number of nitrogens with zero attached hydrogens (tertiary/aromatic N) is 1. The first-order chi connectivity index (χ1) is 10.6. The molecule has 0 unspecified atom stereocenters. The van der Waals surface area contributed by atoms with Crippen molar-refractivity contribution in [1.29, 1.82) is 0 Å². The van der Waals surface area contributed by atoms with Gasteiger partial charge in [-0.05, 0) is 29.8 Å². The maximum Gasteiger partial charge on any atom is 0.244 e. The number of hydrogen-bond acceptors (Lipinski definition) is 4. The monoisotopic (exact) mass is 318 g/mol. The van der Waals surface area contributed by atoms with E-state index in [1.54, 1.807) is 42.5 Å². The van der Waals surface area contributed by atoms with E-state index < -0.39 is 0 Å². The Balaban J connectivity index is 1.94. The van der Waals surface area contributed by atoms with Crippen LogP contribution in [0.15, 0.2) is 47.6 Å². The maximum atomic E-state index is 11.8. The van der Waals surface area contributed by atoms with Gasteiger partial charge in [0.1, 0.15) is 0 Å². The molecule has 0 fully saturated rings. The molecule has 22 heavy (non-hydrogen) atoms. The predicted octanol–water partition coefficient (Wildman–Crippen LogP) is 2.75. The molecule has 0 radical (unpaired) electrons. The number of para-hydroxylation sites is 1. The fourth-order valence-electron chi connectivity index (χ4n) is 1.81. The quantitative estimate of drug-likeness (QED) is 0.658. The lowest BCUT2D eigenvalue weighted by Gasteiger charge is -2.05. The van der Waals surface area contributed by atoms with E-state index in [9.17, 15) is 9.90 Å². The van der Waals surface area contributed by atoms with Gasteiger partial charge in [0.05, 0.1) is 19.7 Å². The van der Waals surface area contributed by atoms with E-state index in [0.717, 1.165) is 5.56 Å². The summed E-state index contributed by atoms with van der Waals surface area (Å²) in [6.45, 7) is 0. The number of carbonyl (C=O) groups excluding carboxylic acids is 1. The zero-order valence-electron chi connectivity index (χ0n) is 11.9. The number of aromatic hydroxyl groups is 1. The number of rotatable bonds is 5. The molecule has 0 atom stereocenters. The van der Waals surface area contributed by atoms with Gasteiger partial charge in [0.25, 0.3) is 0 Å². The van der Waals surface area contributed by atoms with Gasteiger partial charge in [0.15, 0.2) is 11.5 Å². The number of carbonyl (C=O) groups is 1. The van der Waals surface area contributed by atoms with Crippen molar-refractivity contribution in [2.45, 2.75) is 6.42 Å². The third kappa shape index (κ3) is 4.23. The zero-order chi connectivity index (χ0) is 15.9. The summed E-state index contributed by atoms with van der Waals surface area (Å²) in [6.07, 6.45) is 1.55.